The van der Waals surface area contributed by atoms with Crippen molar-refractivity contribution >= 4 is 11.6 Å². The summed E-state index contributed by atoms with van der Waals surface area (Å²) in [5.41, 5.74) is 4.73. The highest BCUT2D eigenvalue weighted by molar-refractivity contribution is 6.30. The summed E-state index contributed by atoms with van der Waals surface area (Å²) in [7, 11) is 0. The third kappa shape index (κ3) is 2.09. The van der Waals surface area contributed by atoms with Gasteiger partial charge in [0.15, 0.2) is 0 Å². The first-order valence-corrected chi connectivity index (χ1v) is 6.71. The first-order chi connectivity index (χ1) is 9.31. The fourth-order valence-electron chi connectivity index (χ4n) is 2.65. The van der Waals surface area contributed by atoms with Crippen molar-refractivity contribution in [2.45, 2.75) is 25.7 Å². The number of rotatable bonds is 1. The summed E-state index contributed by atoms with van der Waals surface area (Å²) in [6.07, 6.45) is 7.62. The van der Waals surface area contributed by atoms with Crippen LogP contribution in [-0.4, -0.2) is 9.97 Å². The Labute approximate surface area is 116 Å². The summed E-state index contributed by atoms with van der Waals surface area (Å²) in [5.74, 6) is 0. The van der Waals surface area contributed by atoms with E-state index >= 15 is 0 Å². The van der Waals surface area contributed by atoms with Crippen LogP contribution in [0.15, 0.2) is 24.5 Å². The zero-order valence-electron chi connectivity index (χ0n) is 10.4. The van der Waals surface area contributed by atoms with Gasteiger partial charge in [0.1, 0.15) is 11.2 Å². The minimum Gasteiger partial charge on any atom is -0.265 e. The second-order valence-corrected chi connectivity index (χ2v) is 5.00. The third-order valence-corrected chi connectivity index (χ3v) is 3.81. The maximum Gasteiger partial charge on any atom is 0.147 e. The van der Waals surface area contributed by atoms with Crippen LogP contribution in [0, 0.1) is 11.3 Å². The number of halogens is 1. The van der Waals surface area contributed by atoms with Gasteiger partial charge in [-0.1, -0.05) is 11.6 Å². The number of hydrogen-bond donors (Lipinski definition) is 0. The Kier molecular flexibility index (Phi) is 3.18. The topological polar surface area (TPSA) is 49.6 Å². The van der Waals surface area contributed by atoms with Gasteiger partial charge in [-0.15, -0.1) is 0 Å². The van der Waals surface area contributed by atoms with Gasteiger partial charge in [0.2, 0.25) is 0 Å². The summed E-state index contributed by atoms with van der Waals surface area (Å²) in [4.78, 5) is 8.47. The molecule has 0 aliphatic heterocycles. The summed E-state index contributed by atoms with van der Waals surface area (Å²) in [5, 5.41) is 9.57. The summed E-state index contributed by atoms with van der Waals surface area (Å²) in [6, 6.07) is 6.06. The Morgan fingerprint density at radius 2 is 1.79 bits per heavy atom. The molecule has 2 aromatic heterocycles. The van der Waals surface area contributed by atoms with Crippen LogP contribution < -0.4 is 0 Å². The maximum atomic E-state index is 9.25. The van der Waals surface area contributed by atoms with E-state index in [9.17, 15) is 5.26 Å². The van der Waals surface area contributed by atoms with E-state index < -0.39 is 0 Å². The van der Waals surface area contributed by atoms with Gasteiger partial charge in [-0.2, -0.15) is 5.26 Å². The number of hydrogen-bond acceptors (Lipinski definition) is 3. The SMILES string of the molecule is N#Cc1c(Cl)nc(-c2ccncc2)c2c1CCCC2. The molecule has 0 aromatic carbocycles. The molecule has 0 saturated heterocycles. The van der Waals surface area contributed by atoms with Crippen molar-refractivity contribution in [1.82, 2.24) is 9.97 Å². The highest BCUT2D eigenvalue weighted by Gasteiger charge is 2.21. The van der Waals surface area contributed by atoms with Crippen LogP contribution in [0.5, 0.6) is 0 Å². The van der Waals surface area contributed by atoms with Gasteiger partial charge in [0.05, 0.1) is 11.3 Å². The minimum absolute atomic E-state index is 0.315. The monoisotopic (exact) mass is 269 g/mol. The molecule has 19 heavy (non-hydrogen) atoms. The predicted molar refractivity (Wildman–Crippen MR) is 73.8 cm³/mol. The van der Waals surface area contributed by atoms with E-state index in [1.54, 1.807) is 12.4 Å². The first-order valence-electron chi connectivity index (χ1n) is 6.33. The molecule has 1 aliphatic rings. The van der Waals surface area contributed by atoms with Crippen LogP contribution in [0.1, 0.15) is 29.5 Å². The molecule has 4 heteroatoms. The zero-order valence-corrected chi connectivity index (χ0v) is 11.1. The van der Waals surface area contributed by atoms with E-state index in [0.29, 0.717) is 10.7 Å². The molecule has 3 rings (SSSR count). The number of fused-ring (bicyclic) bond motifs is 1. The van der Waals surface area contributed by atoms with Crippen molar-refractivity contribution < 1.29 is 0 Å². The van der Waals surface area contributed by atoms with Gasteiger partial charge in [-0.3, -0.25) is 4.98 Å². The van der Waals surface area contributed by atoms with Gasteiger partial charge < -0.3 is 0 Å². The minimum atomic E-state index is 0.315. The van der Waals surface area contributed by atoms with E-state index in [1.807, 2.05) is 12.1 Å². The van der Waals surface area contributed by atoms with Crippen molar-refractivity contribution in [3.8, 4) is 17.3 Å². The van der Waals surface area contributed by atoms with Crippen molar-refractivity contribution in [3.05, 3.63) is 46.4 Å². The Bertz CT molecular complexity index is 659. The lowest BCUT2D eigenvalue weighted by Gasteiger charge is -2.20. The van der Waals surface area contributed by atoms with Crippen LogP contribution in [0.4, 0.5) is 0 Å². The normalized spacial score (nSPS) is 13.7. The summed E-state index contributed by atoms with van der Waals surface area (Å²) < 4.78 is 0. The zero-order chi connectivity index (χ0) is 13.2. The van der Waals surface area contributed by atoms with Crippen molar-refractivity contribution in [3.63, 3.8) is 0 Å². The molecule has 1 aliphatic carbocycles. The van der Waals surface area contributed by atoms with Crippen LogP contribution in [0.25, 0.3) is 11.3 Å². The second-order valence-electron chi connectivity index (χ2n) is 4.64. The smallest absolute Gasteiger partial charge is 0.147 e. The van der Waals surface area contributed by atoms with Crippen LogP contribution in [-0.2, 0) is 12.8 Å². The summed E-state index contributed by atoms with van der Waals surface area (Å²) >= 11 is 6.17. The molecular weight excluding hydrogens is 258 g/mol. The van der Waals surface area contributed by atoms with E-state index in [2.05, 4.69) is 16.0 Å². The standard InChI is InChI=1S/C15H12ClN3/c16-15-13(9-17)11-3-1-2-4-12(11)14(19-15)10-5-7-18-8-6-10/h5-8H,1-4H2. The molecule has 0 radical (unpaired) electrons. The molecule has 0 saturated carbocycles. The molecule has 0 unspecified atom stereocenters. The number of pyridine rings is 2. The third-order valence-electron chi connectivity index (χ3n) is 3.54. The molecular formula is C15H12ClN3. The Morgan fingerprint density at radius 3 is 2.47 bits per heavy atom. The lowest BCUT2D eigenvalue weighted by Crippen LogP contribution is -2.09. The molecule has 2 heterocycles. The highest BCUT2D eigenvalue weighted by Crippen LogP contribution is 2.34. The number of nitriles is 1. The lowest BCUT2D eigenvalue weighted by atomic mass is 9.87. The number of aromatic nitrogens is 2. The quantitative estimate of drug-likeness (QED) is 0.744. The fourth-order valence-corrected chi connectivity index (χ4v) is 2.89. The lowest BCUT2D eigenvalue weighted by molar-refractivity contribution is 0.682. The molecule has 3 nitrogen and oxygen atoms in total. The molecule has 0 amide bonds. The van der Waals surface area contributed by atoms with Crippen LogP contribution >= 0.6 is 11.6 Å². The Morgan fingerprint density at radius 1 is 1.11 bits per heavy atom. The Hall–Kier alpha value is -1.92. The molecule has 0 spiro atoms. The van der Waals surface area contributed by atoms with E-state index in [1.165, 1.54) is 5.56 Å². The second kappa shape index (κ2) is 4.99. The van der Waals surface area contributed by atoms with E-state index in [4.69, 9.17) is 11.6 Å². The maximum absolute atomic E-state index is 9.25. The van der Waals surface area contributed by atoms with Crippen molar-refractivity contribution in [2.24, 2.45) is 0 Å². The predicted octanol–water partition coefficient (Wildman–Crippen LogP) is 3.55. The summed E-state index contributed by atoms with van der Waals surface area (Å²) in [6.45, 7) is 0. The number of nitrogens with zero attached hydrogens (tertiary/aromatic N) is 3. The molecule has 0 atom stereocenters. The van der Waals surface area contributed by atoms with Gasteiger partial charge in [0, 0.05) is 18.0 Å². The van der Waals surface area contributed by atoms with Gasteiger partial charge in [-0.05, 0) is 48.9 Å². The average Bonchev–Trinajstić information content (AvgIpc) is 2.47. The van der Waals surface area contributed by atoms with Gasteiger partial charge in [0.25, 0.3) is 0 Å². The molecule has 0 bridgehead atoms. The fraction of sp³-hybridized carbons (Fsp3) is 0.267. The first kappa shape index (κ1) is 12.1. The van der Waals surface area contributed by atoms with E-state index in [-0.39, 0.29) is 0 Å². The molecule has 94 valence electrons. The van der Waals surface area contributed by atoms with Gasteiger partial charge in [-0.25, -0.2) is 4.98 Å². The molecule has 0 fully saturated rings. The largest absolute Gasteiger partial charge is 0.265 e. The average molecular weight is 270 g/mol. The van der Waals surface area contributed by atoms with Crippen LogP contribution in [0.2, 0.25) is 5.15 Å². The van der Waals surface area contributed by atoms with Crippen molar-refractivity contribution in [1.29, 1.82) is 5.26 Å². The highest BCUT2D eigenvalue weighted by atomic mass is 35.5. The molecule has 2 aromatic rings. The van der Waals surface area contributed by atoms with Gasteiger partial charge >= 0.3 is 0 Å². The Balaban J connectivity index is 2.27. The van der Waals surface area contributed by atoms with E-state index in [0.717, 1.165) is 42.5 Å². The molecule has 0 N–H and O–H groups in total. The van der Waals surface area contributed by atoms with Crippen molar-refractivity contribution in [2.75, 3.05) is 0 Å². The van der Waals surface area contributed by atoms with Crippen LogP contribution in [0.3, 0.4) is 0 Å².